The maximum absolute atomic E-state index is 12.7. The molecular weight excluding hydrogens is 826 g/mol. The highest BCUT2D eigenvalue weighted by molar-refractivity contribution is 7.47. The number of rotatable bonds is 42. The molecule has 0 radical (unpaired) electrons. The summed E-state index contributed by atoms with van der Waals surface area (Å²) in [7, 11) is -9.77. The highest BCUT2D eigenvalue weighted by atomic mass is 31.2. The zero-order valence-corrected chi connectivity index (χ0v) is 38.7. The summed E-state index contributed by atoms with van der Waals surface area (Å²) in [4.78, 5) is 68.5. The molecule has 5 atom stereocenters. The van der Waals surface area contributed by atoms with Crippen molar-refractivity contribution in [2.24, 2.45) is 0 Å². The molecule has 0 heterocycles. The molecule has 3 N–H and O–H groups in total. The maximum atomic E-state index is 12.7. The van der Waals surface area contributed by atoms with E-state index in [1.165, 1.54) is 70.6 Å². The number of hydrogen-bond acceptors (Lipinski definition) is 15. The topological polar surface area (TPSA) is 237 Å². The highest BCUT2D eigenvalue weighted by Gasteiger charge is 2.30. The van der Waals surface area contributed by atoms with E-state index < -0.39 is 97.5 Å². The van der Waals surface area contributed by atoms with Crippen molar-refractivity contribution in [3.63, 3.8) is 0 Å². The van der Waals surface area contributed by atoms with Crippen LogP contribution in [-0.2, 0) is 65.4 Å². The van der Waals surface area contributed by atoms with Gasteiger partial charge in [0.1, 0.15) is 19.3 Å². The molecule has 0 aromatic heterocycles. The minimum atomic E-state index is -4.90. The highest BCUT2D eigenvalue weighted by Crippen LogP contribution is 2.45. The molecule has 0 saturated carbocycles. The van der Waals surface area contributed by atoms with Crippen LogP contribution in [-0.4, -0.2) is 96.7 Å². The van der Waals surface area contributed by atoms with E-state index in [-0.39, 0.29) is 19.3 Å². The van der Waals surface area contributed by atoms with Gasteiger partial charge < -0.3 is 33.8 Å². The summed E-state index contributed by atoms with van der Waals surface area (Å²) in [5.41, 5.74) is 0. The van der Waals surface area contributed by atoms with Gasteiger partial charge in [-0.05, 0) is 19.3 Å². The van der Waals surface area contributed by atoms with E-state index in [4.69, 9.17) is 37.0 Å². The van der Waals surface area contributed by atoms with Gasteiger partial charge in [0, 0.05) is 26.2 Å². The molecule has 0 aliphatic heterocycles. The number of phosphoric acid groups is 2. The van der Waals surface area contributed by atoms with Crippen molar-refractivity contribution < 1.29 is 80.2 Å². The fraction of sp³-hybridized carbons (Fsp3) is 0.902. The summed E-state index contributed by atoms with van der Waals surface area (Å²) < 4.78 is 65.0. The van der Waals surface area contributed by atoms with Crippen LogP contribution in [0.5, 0.6) is 0 Å². The molecule has 0 aliphatic rings. The minimum Gasteiger partial charge on any atom is -0.462 e. The van der Waals surface area contributed by atoms with Gasteiger partial charge in [0.15, 0.2) is 12.2 Å². The Morgan fingerprint density at radius 1 is 0.433 bits per heavy atom. The maximum Gasteiger partial charge on any atom is 0.472 e. The first-order chi connectivity index (χ1) is 28.6. The number of unbranched alkanes of at least 4 members (excludes halogenated alkanes) is 18. The molecule has 0 saturated heterocycles. The fourth-order valence-corrected chi connectivity index (χ4v) is 7.36. The Morgan fingerprint density at radius 3 is 1.15 bits per heavy atom. The zero-order valence-electron chi connectivity index (χ0n) is 36.9. The van der Waals surface area contributed by atoms with Gasteiger partial charge in [-0.25, -0.2) is 9.13 Å². The molecular formula is C41H78O17P2. The second-order valence-electron chi connectivity index (χ2n) is 15.1. The molecule has 0 spiro atoms. The fourth-order valence-electron chi connectivity index (χ4n) is 5.78. The average Bonchev–Trinajstić information content (AvgIpc) is 3.19. The van der Waals surface area contributed by atoms with Gasteiger partial charge in [0.2, 0.25) is 0 Å². The van der Waals surface area contributed by atoms with E-state index in [0.29, 0.717) is 19.3 Å². The van der Waals surface area contributed by atoms with Gasteiger partial charge in [-0.2, -0.15) is 0 Å². The van der Waals surface area contributed by atoms with Crippen LogP contribution >= 0.6 is 15.6 Å². The number of carbonyl (C=O) groups excluding carboxylic acids is 4. The van der Waals surface area contributed by atoms with Crippen LogP contribution in [0.4, 0.5) is 0 Å². The molecule has 2 unspecified atom stereocenters. The molecule has 0 fully saturated rings. The third kappa shape index (κ3) is 37.8. The Hall–Kier alpha value is -1.94. The van der Waals surface area contributed by atoms with Gasteiger partial charge in [-0.3, -0.25) is 37.3 Å². The SMILES string of the molecule is CCCCCCCCCCCCC(=O)OC[C@H](COP(=O)(O)OC[C@@H](O)COP(=O)(O)OC[C@@H](COC(=O)CCC)OC(C)=O)OC(=O)CCCCCCCCCCCC. The monoisotopic (exact) mass is 904 g/mol. The van der Waals surface area contributed by atoms with Gasteiger partial charge in [0.05, 0.1) is 26.4 Å². The Morgan fingerprint density at radius 2 is 0.767 bits per heavy atom. The van der Waals surface area contributed by atoms with Gasteiger partial charge in [-0.1, -0.05) is 136 Å². The summed E-state index contributed by atoms with van der Waals surface area (Å²) in [6.45, 7) is 3.20. The Bertz CT molecular complexity index is 1220. The van der Waals surface area contributed by atoms with Crippen LogP contribution in [0, 0.1) is 0 Å². The van der Waals surface area contributed by atoms with Crippen LogP contribution in [0.2, 0.25) is 0 Å². The van der Waals surface area contributed by atoms with Crippen molar-refractivity contribution in [1.82, 2.24) is 0 Å². The standard InChI is InChI=1S/C41H78O17P2/c1-5-8-10-12-14-16-18-20-22-24-27-40(45)52-32-38(58-41(46)28-25-23-21-19-17-15-13-11-9-6-2)34-56-60(49,50)54-30-36(43)29-53-59(47,48)55-33-37(57-35(4)42)31-51-39(44)26-7-3/h36-38,43H,5-34H2,1-4H3,(H,47,48)(H,49,50)/t36-,37+,38+/m0/s1. The number of carbonyl (C=O) groups is 4. The number of aliphatic hydroxyl groups excluding tert-OH is 1. The molecule has 354 valence electrons. The van der Waals surface area contributed by atoms with Crippen molar-refractivity contribution in [3.05, 3.63) is 0 Å². The van der Waals surface area contributed by atoms with Crippen molar-refractivity contribution in [3.8, 4) is 0 Å². The van der Waals surface area contributed by atoms with E-state index in [9.17, 15) is 43.2 Å². The van der Waals surface area contributed by atoms with Crippen LogP contribution in [0.3, 0.4) is 0 Å². The van der Waals surface area contributed by atoms with Crippen molar-refractivity contribution in [1.29, 1.82) is 0 Å². The van der Waals surface area contributed by atoms with E-state index in [0.717, 1.165) is 51.9 Å². The third-order valence-corrected chi connectivity index (χ3v) is 11.0. The van der Waals surface area contributed by atoms with E-state index >= 15 is 0 Å². The normalized spacial score (nSPS) is 15.0. The summed E-state index contributed by atoms with van der Waals surface area (Å²) in [6.07, 6.45) is 18.6. The number of hydrogen-bond donors (Lipinski definition) is 3. The first kappa shape index (κ1) is 58.1. The summed E-state index contributed by atoms with van der Waals surface area (Å²) in [6, 6.07) is 0. The average molecular weight is 905 g/mol. The number of ether oxygens (including phenoxy) is 4. The van der Waals surface area contributed by atoms with Gasteiger partial charge >= 0.3 is 39.5 Å². The lowest BCUT2D eigenvalue weighted by molar-refractivity contribution is -0.161. The molecule has 0 aliphatic carbocycles. The summed E-state index contributed by atoms with van der Waals surface area (Å²) in [5, 5.41) is 10.2. The Kier molecular flexibility index (Phi) is 36.4. The van der Waals surface area contributed by atoms with Crippen molar-refractivity contribution in [2.45, 2.75) is 200 Å². The molecule has 0 bridgehead atoms. The molecule has 19 heteroatoms. The smallest absolute Gasteiger partial charge is 0.462 e. The lowest BCUT2D eigenvalue weighted by Gasteiger charge is -2.21. The van der Waals surface area contributed by atoms with Gasteiger partial charge in [0.25, 0.3) is 0 Å². The van der Waals surface area contributed by atoms with E-state index in [2.05, 4.69) is 13.8 Å². The second kappa shape index (κ2) is 37.6. The Labute approximate surface area is 358 Å². The second-order valence-corrected chi connectivity index (χ2v) is 18.0. The molecule has 0 rings (SSSR count). The zero-order chi connectivity index (χ0) is 44.9. The lowest BCUT2D eigenvalue weighted by atomic mass is 10.1. The molecule has 60 heavy (non-hydrogen) atoms. The van der Waals surface area contributed by atoms with E-state index in [1.807, 2.05) is 0 Å². The predicted octanol–water partition coefficient (Wildman–Crippen LogP) is 8.97. The quantitative estimate of drug-likeness (QED) is 0.0224. The minimum absolute atomic E-state index is 0.105. The first-order valence-corrected chi connectivity index (χ1v) is 25.2. The molecule has 17 nitrogen and oxygen atoms in total. The molecule has 0 aromatic rings. The van der Waals surface area contributed by atoms with Crippen LogP contribution in [0.1, 0.15) is 182 Å². The molecule has 0 amide bonds. The molecule has 0 aromatic carbocycles. The number of aliphatic hydroxyl groups is 1. The lowest BCUT2D eigenvalue weighted by Crippen LogP contribution is -2.30. The number of esters is 4. The van der Waals surface area contributed by atoms with Gasteiger partial charge in [-0.15, -0.1) is 0 Å². The summed E-state index contributed by atoms with van der Waals surface area (Å²) in [5.74, 6) is -2.41. The van der Waals surface area contributed by atoms with E-state index in [1.54, 1.807) is 6.92 Å². The Balaban J connectivity index is 4.93. The van der Waals surface area contributed by atoms with Crippen LogP contribution in [0.15, 0.2) is 0 Å². The number of phosphoric ester groups is 2. The third-order valence-electron chi connectivity index (χ3n) is 9.12. The predicted molar refractivity (Wildman–Crippen MR) is 225 cm³/mol. The van der Waals surface area contributed by atoms with Crippen molar-refractivity contribution >= 4 is 39.5 Å². The van der Waals surface area contributed by atoms with Crippen LogP contribution < -0.4 is 0 Å². The first-order valence-electron chi connectivity index (χ1n) is 22.2. The largest absolute Gasteiger partial charge is 0.472 e. The van der Waals surface area contributed by atoms with Crippen molar-refractivity contribution in [2.75, 3.05) is 39.6 Å². The van der Waals surface area contributed by atoms with Crippen LogP contribution in [0.25, 0.3) is 0 Å². The summed E-state index contributed by atoms with van der Waals surface area (Å²) >= 11 is 0.